The van der Waals surface area contributed by atoms with Gasteiger partial charge in [-0.3, -0.25) is 9.10 Å². The van der Waals surface area contributed by atoms with Crippen molar-refractivity contribution in [1.82, 2.24) is 5.32 Å². The van der Waals surface area contributed by atoms with Gasteiger partial charge in [0.15, 0.2) is 0 Å². The van der Waals surface area contributed by atoms with Crippen LogP contribution >= 0.6 is 0 Å². The molecule has 0 heterocycles. The van der Waals surface area contributed by atoms with Crippen LogP contribution in [0, 0.1) is 5.82 Å². The molecule has 1 atom stereocenters. The fraction of sp³-hybridized carbons (Fsp3) is 0.350. The Morgan fingerprint density at radius 2 is 1.57 bits per heavy atom. The number of anilines is 2. The predicted octanol–water partition coefficient (Wildman–Crippen LogP) is 2.75. The molecule has 2 aromatic rings. The largest absolute Gasteiger partial charge is 0.378 e. The second-order valence-electron chi connectivity index (χ2n) is 6.74. The van der Waals surface area contributed by atoms with Gasteiger partial charge in [0.2, 0.25) is 15.9 Å². The van der Waals surface area contributed by atoms with Gasteiger partial charge in [0.05, 0.1) is 11.9 Å². The van der Waals surface area contributed by atoms with Crippen LogP contribution in [0.15, 0.2) is 48.5 Å². The molecule has 0 saturated heterocycles. The molecule has 0 aliphatic heterocycles. The van der Waals surface area contributed by atoms with Crippen LogP contribution in [0.5, 0.6) is 0 Å². The van der Waals surface area contributed by atoms with Crippen LogP contribution in [0.4, 0.5) is 15.8 Å². The smallest absolute Gasteiger partial charge is 0.244 e. The van der Waals surface area contributed by atoms with Gasteiger partial charge in [-0.05, 0) is 48.4 Å². The number of rotatable bonds is 8. The molecule has 0 aliphatic rings. The first-order valence-electron chi connectivity index (χ1n) is 8.92. The average Bonchev–Trinajstić information content (AvgIpc) is 2.64. The summed E-state index contributed by atoms with van der Waals surface area (Å²) in [5, 5.41) is 2.80. The fourth-order valence-corrected chi connectivity index (χ4v) is 4.08. The molecule has 28 heavy (non-hydrogen) atoms. The molecule has 1 amide bonds. The van der Waals surface area contributed by atoms with Crippen LogP contribution in [-0.2, 0) is 21.4 Å². The van der Waals surface area contributed by atoms with Gasteiger partial charge in [-0.1, -0.05) is 19.1 Å². The van der Waals surface area contributed by atoms with Crippen LogP contribution < -0.4 is 14.5 Å². The number of halogens is 1. The third kappa shape index (κ3) is 5.45. The van der Waals surface area contributed by atoms with Crippen molar-refractivity contribution in [2.75, 3.05) is 29.6 Å². The summed E-state index contributed by atoms with van der Waals surface area (Å²) < 4.78 is 39.0. The molecular formula is C20H26FN3O3S. The van der Waals surface area contributed by atoms with Crippen LogP contribution in [0.2, 0.25) is 0 Å². The van der Waals surface area contributed by atoms with E-state index in [4.69, 9.17) is 0 Å². The van der Waals surface area contributed by atoms with Crippen molar-refractivity contribution < 1.29 is 17.6 Å². The summed E-state index contributed by atoms with van der Waals surface area (Å²) in [6.07, 6.45) is 1.31. The molecule has 0 spiro atoms. The van der Waals surface area contributed by atoms with Crippen molar-refractivity contribution >= 4 is 27.3 Å². The number of carbonyl (C=O) groups excluding carboxylic acids is 1. The summed E-state index contributed by atoms with van der Waals surface area (Å²) in [7, 11) is 0.144. The van der Waals surface area contributed by atoms with E-state index in [1.165, 1.54) is 24.3 Å². The number of amides is 1. The van der Waals surface area contributed by atoms with E-state index < -0.39 is 27.8 Å². The third-order valence-corrected chi connectivity index (χ3v) is 5.51. The molecule has 1 unspecified atom stereocenters. The highest BCUT2D eigenvalue weighted by atomic mass is 32.2. The zero-order chi connectivity index (χ0) is 20.9. The first kappa shape index (κ1) is 21.7. The summed E-state index contributed by atoms with van der Waals surface area (Å²) in [5.41, 5.74) is 2.20. The second kappa shape index (κ2) is 9.05. The molecule has 0 aromatic heterocycles. The summed E-state index contributed by atoms with van der Waals surface area (Å²) in [6, 6.07) is 11.8. The van der Waals surface area contributed by atoms with Gasteiger partial charge in [0, 0.05) is 26.3 Å². The number of hydrogen-bond acceptors (Lipinski definition) is 4. The minimum Gasteiger partial charge on any atom is -0.378 e. The van der Waals surface area contributed by atoms with Gasteiger partial charge in [0.1, 0.15) is 11.9 Å². The summed E-state index contributed by atoms with van der Waals surface area (Å²) >= 11 is 0. The van der Waals surface area contributed by atoms with Crippen LogP contribution in [0.3, 0.4) is 0 Å². The molecule has 0 aliphatic carbocycles. The van der Waals surface area contributed by atoms with E-state index in [-0.39, 0.29) is 18.7 Å². The SMILES string of the molecule is CCC(C(=O)NCc1ccc(N(C)C)cc1)N(c1ccc(F)cc1)S(C)(=O)=O. The lowest BCUT2D eigenvalue weighted by Crippen LogP contribution is -2.49. The first-order valence-corrected chi connectivity index (χ1v) is 10.8. The van der Waals surface area contributed by atoms with Crippen molar-refractivity contribution in [3.63, 3.8) is 0 Å². The normalized spacial score (nSPS) is 12.3. The van der Waals surface area contributed by atoms with Crippen LogP contribution in [-0.4, -0.2) is 40.7 Å². The highest BCUT2D eigenvalue weighted by molar-refractivity contribution is 7.92. The summed E-state index contributed by atoms with van der Waals surface area (Å²) in [4.78, 5) is 14.7. The highest BCUT2D eigenvalue weighted by Gasteiger charge is 2.31. The minimum atomic E-state index is -3.74. The number of sulfonamides is 1. The van der Waals surface area contributed by atoms with E-state index >= 15 is 0 Å². The van der Waals surface area contributed by atoms with Gasteiger partial charge >= 0.3 is 0 Å². The Labute approximate surface area is 166 Å². The van der Waals surface area contributed by atoms with Gasteiger partial charge < -0.3 is 10.2 Å². The molecule has 152 valence electrons. The lowest BCUT2D eigenvalue weighted by molar-refractivity contribution is -0.122. The lowest BCUT2D eigenvalue weighted by Gasteiger charge is -2.30. The monoisotopic (exact) mass is 407 g/mol. The van der Waals surface area contributed by atoms with E-state index in [0.717, 1.165) is 21.8 Å². The molecule has 2 rings (SSSR count). The zero-order valence-electron chi connectivity index (χ0n) is 16.5. The van der Waals surface area contributed by atoms with Gasteiger partial charge in [-0.25, -0.2) is 12.8 Å². The van der Waals surface area contributed by atoms with Gasteiger partial charge in [-0.15, -0.1) is 0 Å². The molecular weight excluding hydrogens is 381 g/mol. The predicted molar refractivity (Wildman–Crippen MR) is 110 cm³/mol. The van der Waals surface area contributed by atoms with Crippen molar-refractivity contribution in [3.8, 4) is 0 Å². The van der Waals surface area contributed by atoms with Crippen molar-refractivity contribution in [1.29, 1.82) is 0 Å². The van der Waals surface area contributed by atoms with Crippen molar-refractivity contribution in [3.05, 3.63) is 59.9 Å². The van der Waals surface area contributed by atoms with Crippen molar-refractivity contribution in [2.24, 2.45) is 0 Å². The van der Waals surface area contributed by atoms with E-state index in [9.17, 15) is 17.6 Å². The average molecular weight is 408 g/mol. The number of benzene rings is 2. The molecule has 6 nitrogen and oxygen atoms in total. The molecule has 0 fully saturated rings. The number of nitrogens with one attached hydrogen (secondary N) is 1. The maximum Gasteiger partial charge on any atom is 0.244 e. The second-order valence-corrected chi connectivity index (χ2v) is 8.60. The zero-order valence-corrected chi connectivity index (χ0v) is 17.3. The summed E-state index contributed by atoms with van der Waals surface area (Å²) in [5.74, 6) is -0.884. The molecule has 1 N–H and O–H groups in total. The minimum absolute atomic E-state index is 0.251. The summed E-state index contributed by atoms with van der Waals surface area (Å²) in [6.45, 7) is 2.02. The van der Waals surface area contributed by atoms with E-state index in [0.29, 0.717) is 0 Å². The molecule has 0 bridgehead atoms. The lowest BCUT2D eigenvalue weighted by atomic mass is 10.1. The van der Waals surface area contributed by atoms with E-state index in [2.05, 4.69) is 5.32 Å². The van der Waals surface area contributed by atoms with E-state index in [1.807, 2.05) is 43.3 Å². The quantitative estimate of drug-likeness (QED) is 0.731. The Kier molecular flexibility index (Phi) is 7.01. The van der Waals surface area contributed by atoms with E-state index in [1.54, 1.807) is 6.92 Å². The molecule has 0 radical (unpaired) electrons. The van der Waals surface area contributed by atoms with Gasteiger partial charge in [-0.2, -0.15) is 0 Å². The maximum atomic E-state index is 13.2. The third-order valence-electron chi connectivity index (χ3n) is 4.33. The standard InChI is InChI=1S/C20H26FN3O3S/c1-5-19(24(28(4,26)27)18-12-8-16(21)9-13-18)20(25)22-14-15-6-10-17(11-7-15)23(2)3/h6-13,19H,5,14H2,1-4H3,(H,22,25). The Morgan fingerprint density at radius 1 is 1.04 bits per heavy atom. The van der Waals surface area contributed by atoms with Gasteiger partial charge in [0.25, 0.3) is 0 Å². The Bertz CT molecular complexity index is 897. The van der Waals surface area contributed by atoms with Crippen LogP contribution in [0.25, 0.3) is 0 Å². The number of hydrogen-bond donors (Lipinski definition) is 1. The maximum absolute atomic E-state index is 13.2. The molecule has 2 aromatic carbocycles. The number of nitrogens with zero attached hydrogens (tertiary/aromatic N) is 2. The Morgan fingerprint density at radius 3 is 2.04 bits per heavy atom. The number of carbonyl (C=O) groups is 1. The first-order chi connectivity index (χ1) is 13.1. The van der Waals surface area contributed by atoms with Crippen LogP contribution in [0.1, 0.15) is 18.9 Å². The molecule has 0 saturated carbocycles. The van der Waals surface area contributed by atoms with Crippen molar-refractivity contribution in [2.45, 2.75) is 25.9 Å². The fourth-order valence-electron chi connectivity index (χ4n) is 2.87. The highest BCUT2D eigenvalue weighted by Crippen LogP contribution is 2.23. The molecule has 8 heteroatoms. The topological polar surface area (TPSA) is 69.7 Å². The Hall–Kier alpha value is -2.61. The Balaban J connectivity index is 2.18.